The van der Waals surface area contributed by atoms with Gasteiger partial charge in [-0.3, -0.25) is 4.79 Å². The maximum absolute atomic E-state index is 12.5. The Morgan fingerprint density at radius 3 is 2.56 bits per heavy atom. The van der Waals surface area contributed by atoms with Crippen LogP contribution < -0.4 is 5.73 Å². The van der Waals surface area contributed by atoms with E-state index < -0.39 is 0 Å². The number of hydrogen-bond donors (Lipinski definition) is 1. The molecule has 4 heteroatoms. The van der Waals surface area contributed by atoms with Gasteiger partial charge in [0.1, 0.15) is 5.69 Å². The van der Waals surface area contributed by atoms with Gasteiger partial charge in [0, 0.05) is 25.3 Å². The number of piperidine rings is 1. The van der Waals surface area contributed by atoms with Crippen LogP contribution in [0.3, 0.4) is 0 Å². The average molecular weight is 249 g/mol. The molecular weight excluding hydrogens is 226 g/mol. The predicted molar refractivity (Wildman–Crippen MR) is 73.5 cm³/mol. The smallest absolute Gasteiger partial charge is 0.270 e. The van der Waals surface area contributed by atoms with E-state index in [2.05, 4.69) is 20.8 Å². The van der Waals surface area contributed by atoms with Crippen LogP contribution in [0, 0.1) is 5.92 Å². The molecule has 2 N–H and O–H groups in total. The third kappa shape index (κ3) is 2.52. The molecule has 1 aliphatic rings. The summed E-state index contributed by atoms with van der Waals surface area (Å²) in [6, 6.07) is 2.05. The SMILES string of the molecule is CC1CCN(C(=O)c2cc(N)cn2C(C)C)CC1. The molecule has 100 valence electrons. The van der Waals surface area contributed by atoms with Gasteiger partial charge in [0.05, 0.1) is 5.69 Å². The Morgan fingerprint density at radius 1 is 1.39 bits per heavy atom. The highest BCUT2D eigenvalue weighted by Crippen LogP contribution is 2.22. The van der Waals surface area contributed by atoms with Gasteiger partial charge in [-0.05, 0) is 38.7 Å². The summed E-state index contributed by atoms with van der Waals surface area (Å²) in [4.78, 5) is 14.4. The minimum Gasteiger partial charge on any atom is -0.397 e. The van der Waals surface area contributed by atoms with Crippen LogP contribution in [-0.2, 0) is 0 Å². The number of amides is 1. The van der Waals surface area contributed by atoms with Crippen molar-refractivity contribution in [3.8, 4) is 0 Å². The zero-order valence-corrected chi connectivity index (χ0v) is 11.5. The van der Waals surface area contributed by atoms with Crippen molar-refractivity contribution in [2.75, 3.05) is 18.8 Å². The number of hydrogen-bond acceptors (Lipinski definition) is 2. The zero-order valence-electron chi connectivity index (χ0n) is 11.5. The highest BCUT2D eigenvalue weighted by Gasteiger charge is 2.24. The van der Waals surface area contributed by atoms with Crippen LogP contribution in [-0.4, -0.2) is 28.5 Å². The number of carbonyl (C=O) groups excluding carboxylic acids is 1. The van der Waals surface area contributed by atoms with Gasteiger partial charge < -0.3 is 15.2 Å². The molecule has 0 saturated carbocycles. The van der Waals surface area contributed by atoms with Crippen LogP contribution in [0.2, 0.25) is 0 Å². The van der Waals surface area contributed by atoms with E-state index in [4.69, 9.17) is 5.73 Å². The first kappa shape index (κ1) is 13.0. The quantitative estimate of drug-likeness (QED) is 0.875. The van der Waals surface area contributed by atoms with Crippen molar-refractivity contribution >= 4 is 11.6 Å². The predicted octanol–water partition coefficient (Wildman–Crippen LogP) is 2.52. The van der Waals surface area contributed by atoms with Gasteiger partial charge in [-0.1, -0.05) is 6.92 Å². The van der Waals surface area contributed by atoms with Gasteiger partial charge >= 0.3 is 0 Å². The average Bonchev–Trinajstić information content (AvgIpc) is 2.71. The Morgan fingerprint density at radius 2 is 2.00 bits per heavy atom. The van der Waals surface area contributed by atoms with Crippen molar-refractivity contribution in [1.29, 1.82) is 0 Å². The highest BCUT2D eigenvalue weighted by molar-refractivity contribution is 5.94. The van der Waals surface area contributed by atoms with Crippen molar-refractivity contribution in [2.45, 2.75) is 39.7 Å². The van der Waals surface area contributed by atoms with Gasteiger partial charge in [-0.15, -0.1) is 0 Å². The number of anilines is 1. The number of likely N-dealkylation sites (tertiary alicyclic amines) is 1. The van der Waals surface area contributed by atoms with Gasteiger partial charge in [-0.25, -0.2) is 0 Å². The lowest BCUT2D eigenvalue weighted by molar-refractivity contribution is 0.0684. The minimum absolute atomic E-state index is 0.118. The van der Waals surface area contributed by atoms with E-state index in [1.54, 1.807) is 6.07 Å². The summed E-state index contributed by atoms with van der Waals surface area (Å²) < 4.78 is 1.97. The van der Waals surface area contributed by atoms with Crippen molar-refractivity contribution in [3.63, 3.8) is 0 Å². The van der Waals surface area contributed by atoms with Gasteiger partial charge in [0.15, 0.2) is 0 Å². The lowest BCUT2D eigenvalue weighted by Gasteiger charge is -2.30. The first-order valence-corrected chi connectivity index (χ1v) is 6.75. The van der Waals surface area contributed by atoms with Crippen LogP contribution in [0.1, 0.15) is 50.1 Å². The number of aromatic nitrogens is 1. The van der Waals surface area contributed by atoms with E-state index in [1.807, 2.05) is 15.7 Å². The van der Waals surface area contributed by atoms with E-state index in [0.29, 0.717) is 5.69 Å². The van der Waals surface area contributed by atoms with E-state index in [0.717, 1.165) is 37.5 Å². The van der Waals surface area contributed by atoms with Gasteiger partial charge in [-0.2, -0.15) is 0 Å². The van der Waals surface area contributed by atoms with Gasteiger partial charge in [0.25, 0.3) is 5.91 Å². The molecule has 0 bridgehead atoms. The number of nitrogens with two attached hydrogens (primary N) is 1. The van der Waals surface area contributed by atoms with Crippen LogP contribution >= 0.6 is 0 Å². The van der Waals surface area contributed by atoms with Crippen LogP contribution in [0.15, 0.2) is 12.3 Å². The van der Waals surface area contributed by atoms with Crippen LogP contribution in [0.25, 0.3) is 0 Å². The largest absolute Gasteiger partial charge is 0.397 e. The van der Waals surface area contributed by atoms with Crippen molar-refractivity contribution < 1.29 is 4.79 Å². The van der Waals surface area contributed by atoms with Crippen LogP contribution in [0.4, 0.5) is 5.69 Å². The molecule has 0 radical (unpaired) electrons. The summed E-state index contributed by atoms with van der Waals surface area (Å²) in [5, 5.41) is 0. The Balaban J connectivity index is 2.18. The fourth-order valence-electron chi connectivity index (χ4n) is 2.47. The molecule has 0 aromatic carbocycles. The fourth-order valence-corrected chi connectivity index (χ4v) is 2.47. The molecule has 1 aromatic rings. The van der Waals surface area contributed by atoms with E-state index in [9.17, 15) is 4.79 Å². The molecule has 2 heterocycles. The lowest BCUT2D eigenvalue weighted by Crippen LogP contribution is -2.38. The highest BCUT2D eigenvalue weighted by atomic mass is 16.2. The molecule has 1 amide bonds. The third-order valence-electron chi connectivity index (χ3n) is 3.72. The minimum atomic E-state index is 0.118. The molecule has 2 rings (SSSR count). The normalized spacial score (nSPS) is 17.4. The van der Waals surface area contributed by atoms with Gasteiger partial charge in [0.2, 0.25) is 0 Å². The molecule has 4 nitrogen and oxygen atoms in total. The molecule has 0 spiro atoms. The summed E-state index contributed by atoms with van der Waals surface area (Å²) in [6.07, 6.45) is 4.05. The van der Waals surface area contributed by atoms with E-state index in [1.165, 1.54) is 0 Å². The maximum atomic E-state index is 12.5. The number of rotatable bonds is 2. The summed E-state index contributed by atoms with van der Waals surface area (Å²) in [5.41, 5.74) is 7.20. The van der Waals surface area contributed by atoms with Crippen molar-refractivity contribution in [1.82, 2.24) is 9.47 Å². The Bertz CT molecular complexity index is 428. The first-order valence-electron chi connectivity index (χ1n) is 6.75. The second-order valence-corrected chi connectivity index (χ2v) is 5.63. The first-order chi connectivity index (χ1) is 8.49. The van der Waals surface area contributed by atoms with Crippen molar-refractivity contribution in [3.05, 3.63) is 18.0 Å². The molecular formula is C14H23N3O. The second-order valence-electron chi connectivity index (χ2n) is 5.63. The summed E-state index contributed by atoms with van der Waals surface area (Å²) in [5.74, 6) is 0.850. The third-order valence-corrected chi connectivity index (χ3v) is 3.72. The molecule has 18 heavy (non-hydrogen) atoms. The number of carbonyl (C=O) groups is 1. The molecule has 1 aliphatic heterocycles. The molecule has 1 aromatic heterocycles. The molecule has 0 atom stereocenters. The lowest BCUT2D eigenvalue weighted by atomic mass is 9.99. The molecule has 1 saturated heterocycles. The Labute approximate surface area is 109 Å². The number of nitrogens with zero attached hydrogens (tertiary/aromatic N) is 2. The Hall–Kier alpha value is -1.45. The summed E-state index contributed by atoms with van der Waals surface area (Å²) in [6.45, 7) is 8.10. The van der Waals surface area contributed by atoms with E-state index in [-0.39, 0.29) is 11.9 Å². The summed E-state index contributed by atoms with van der Waals surface area (Å²) in [7, 11) is 0. The molecule has 1 fully saturated rings. The van der Waals surface area contributed by atoms with Crippen LogP contribution in [0.5, 0.6) is 0 Å². The topological polar surface area (TPSA) is 51.3 Å². The number of nitrogen functional groups attached to an aromatic ring is 1. The monoisotopic (exact) mass is 249 g/mol. The molecule has 0 unspecified atom stereocenters. The van der Waals surface area contributed by atoms with E-state index >= 15 is 0 Å². The second kappa shape index (κ2) is 5.04. The Kier molecular flexibility index (Phi) is 3.64. The van der Waals surface area contributed by atoms with Crippen molar-refractivity contribution in [2.24, 2.45) is 5.92 Å². The zero-order chi connectivity index (χ0) is 13.3. The summed E-state index contributed by atoms with van der Waals surface area (Å²) >= 11 is 0. The standard InChI is InChI=1S/C14H23N3O/c1-10(2)17-9-12(15)8-13(17)14(18)16-6-4-11(3)5-7-16/h8-11H,4-7,15H2,1-3H3. The molecule has 0 aliphatic carbocycles. The maximum Gasteiger partial charge on any atom is 0.270 e. The fraction of sp³-hybridized carbons (Fsp3) is 0.643.